The number of amides is 2. The van der Waals surface area contributed by atoms with Crippen LogP contribution in [0, 0.1) is 12.8 Å². The Hall–Kier alpha value is -2.05. The topological polar surface area (TPSA) is 95.7 Å². The van der Waals surface area contributed by atoms with Gasteiger partial charge in [0.1, 0.15) is 0 Å². The van der Waals surface area contributed by atoms with E-state index in [1.165, 1.54) is 4.90 Å². The second-order valence-electron chi connectivity index (χ2n) is 4.72. The van der Waals surface area contributed by atoms with Crippen molar-refractivity contribution in [2.75, 3.05) is 13.1 Å². The minimum absolute atomic E-state index is 0.258. The van der Waals surface area contributed by atoms with Gasteiger partial charge >= 0.3 is 12.0 Å². The highest BCUT2D eigenvalue weighted by atomic mass is 16.5. The summed E-state index contributed by atoms with van der Waals surface area (Å²) in [5.74, 6) is -0.729. The van der Waals surface area contributed by atoms with Gasteiger partial charge in [-0.15, -0.1) is 0 Å². The number of piperidine rings is 1. The van der Waals surface area contributed by atoms with Crippen LogP contribution in [0.1, 0.15) is 24.3 Å². The van der Waals surface area contributed by atoms with Crippen LogP contribution in [-0.2, 0) is 11.3 Å². The lowest BCUT2D eigenvalue weighted by Gasteiger charge is -2.30. The average Bonchev–Trinajstić information content (AvgIpc) is 2.82. The summed E-state index contributed by atoms with van der Waals surface area (Å²) >= 11 is 0. The molecule has 0 radical (unpaired) electrons. The normalized spacial score (nSPS) is 19.2. The molecule has 1 aromatic rings. The number of nitrogens with zero attached hydrogens (tertiary/aromatic N) is 2. The summed E-state index contributed by atoms with van der Waals surface area (Å²) in [6.45, 7) is 2.91. The van der Waals surface area contributed by atoms with Crippen molar-refractivity contribution in [3.8, 4) is 0 Å². The van der Waals surface area contributed by atoms with Gasteiger partial charge in [0.2, 0.25) is 0 Å². The Labute approximate surface area is 110 Å². The molecule has 0 bridgehead atoms. The highest BCUT2D eigenvalue weighted by molar-refractivity contribution is 5.76. The fourth-order valence-electron chi connectivity index (χ4n) is 2.14. The van der Waals surface area contributed by atoms with Gasteiger partial charge in [0.15, 0.2) is 5.76 Å². The van der Waals surface area contributed by atoms with E-state index < -0.39 is 11.9 Å². The number of hydrogen-bond acceptors (Lipinski definition) is 4. The summed E-state index contributed by atoms with van der Waals surface area (Å²) in [5, 5.41) is 15.4. The van der Waals surface area contributed by atoms with Gasteiger partial charge in [0.25, 0.3) is 0 Å². The van der Waals surface area contributed by atoms with Gasteiger partial charge in [-0.25, -0.2) is 4.79 Å². The molecule has 1 atom stereocenters. The van der Waals surface area contributed by atoms with E-state index in [1.54, 1.807) is 13.0 Å². The molecule has 2 rings (SSSR count). The van der Waals surface area contributed by atoms with Crippen molar-refractivity contribution in [1.82, 2.24) is 15.4 Å². The van der Waals surface area contributed by atoms with E-state index in [0.717, 1.165) is 5.69 Å². The number of hydrogen-bond donors (Lipinski definition) is 2. The Morgan fingerprint density at radius 3 is 3.05 bits per heavy atom. The first-order chi connectivity index (χ1) is 9.06. The molecule has 19 heavy (non-hydrogen) atoms. The van der Waals surface area contributed by atoms with Crippen molar-refractivity contribution in [3.63, 3.8) is 0 Å². The van der Waals surface area contributed by atoms with E-state index in [1.807, 2.05) is 0 Å². The molecular weight excluding hydrogens is 250 g/mol. The lowest BCUT2D eigenvalue weighted by Crippen LogP contribution is -2.46. The molecule has 104 valence electrons. The predicted molar refractivity (Wildman–Crippen MR) is 65.4 cm³/mol. The first-order valence-corrected chi connectivity index (χ1v) is 6.24. The fraction of sp³-hybridized carbons (Fsp3) is 0.583. The van der Waals surface area contributed by atoms with Crippen LogP contribution in [0.15, 0.2) is 10.6 Å². The highest BCUT2D eigenvalue weighted by Crippen LogP contribution is 2.16. The number of urea groups is 1. The first kappa shape index (κ1) is 13.4. The number of aromatic nitrogens is 1. The van der Waals surface area contributed by atoms with Crippen molar-refractivity contribution < 1.29 is 19.2 Å². The number of carboxylic acid groups (broad SMARTS) is 1. The van der Waals surface area contributed by atoms with Gasteiger partial charge in [0, 0.05) is 19.2 Å². The molecule has 0 aromatic carbocycles. The molecule has 0 saturated carbocycles. The molecule has 0 aliphatic carbocycles. The van der Waals surface area contributed by atoms with Gasteiger partial charge in [0.05, 0.1) is 18.2 Å². The fourth-order valence-corrected chi connectivity index (χ4v) is 2.14. The average molecular weight is 267 g/mol. The van der Waals surface area contributed by atoms with Gasteiger partial charge in [-0.05, 0) is 19.8 Å². The lowest BCUT2D eigenvalue weighted by molar-refractivity contribution is -0.143. The highest BCUT2D eigenvalue weighted by Gasteiger charge is 2.27. The van der Waals surface area contributed by atoms with Crippen LogP contribution in [0.25, 0.3) is 0 Å². The first-order valence-electron chi connectivity index (χ1n) is 6.24. The van der Waals surface area contributed by atoms with E-state index in [2.05, 4.69) is 10.5 Å². The Balaban J connectivity index is 1.84. The summed E-state index contributed by atoms with van der Waals surface area (Å²) in [4.78, 5) is 24.4. The number of carbonyl (C=O) groups excluding carboxylic acids is 1. The van der Waals surface area contributed by atoms with Crippen LogP contribution in [0.3, 0.4) is 0 Å². The lowest BCUT2D eigenvalue weighted by atomic mass is 9.99. The Morgan fingerprint density at radius 2 is 2.42 bits per heavy atom. The molecular formula is C12H17N3O4. The molecule has 1 unspecified atom stereocenters. The van der Waals surface area contributed by atoms with Gasteiger partial charge in [-0.2, -0.15) is 0 Å². The maximum atomic E-state index is 11.9. The maximum Gasteiger partial charge on any atom is 0.317 e. The predicted octanol–water partition coefficient (Wildman–Crippen LogP) is 0.989. The van der Waals surface area contributed by atoms with E-state index in [-0.39, 0.29) is 19.1 Å². The zero-order chi connectivity index (χ0) is 13.8. The van der Waals surface area contributed by atoms with Crippen LogP contribution < -0.4 is 5.32 Å². The molecule has 2 amide bonds. The third kappa shape index (κ3) is 3.46. The third-order valence-electron chi connectivity index (χ3n) is 3.15. The quantitative estimate of drug-likeness (QED) is 0.851. The summed E-state index contributed by atoms with van der Waals surface area (Å²) in [5.41, 5.74) is 0.758. The molecule has 1 aromatic heterocycles. The maximum absolute atomic E-state index is 11.9. The van der Waals surface area contributed by atoms with E-state index in [9.17, 15) is 9.59 Å². The smallest absolute Gasteiger partial charge is 0.317 e. The Kier molecular flexibility index (Phi) is 4.03. The van der Waals surface area contributed by atoms with E-state index in [0.29, 0.717) is 25.1 Å². The minimum Gasteiger partial charge on any atom is -0.481 e. The SMILES string of the molecule is Cc1cc(CNC(=O)N2CCCC(C(=O)O)C2)on1. The van der Waals surface area contributed by atoms with Crippen LogP contribution >= 0.6 is 0 Å². The summed E-state index contributed by atoms with van der Waals surface area (Å²) in [6, 6.07) is 1.48. The summed E-state index contributed by atoms with van der Waals surface area (Å²) < 4.78 is 4.98. The molecule has 1 aliphatic heterocycles. The number of carboxylic acids is 1. The van der Waals surface area contributed by atoms with Crippen molar-refractivity contribution in [2.45, 2.75) is 26.3 Å². The van der Waals surface area contributed by atoms with Crippen LogP contribution in [0.2, 0.25) is 0 Å². The largest absolute Gasteiger partial charge is 0.481 e. The molecule has 0 spiro atoms. The van der Waals surface area contributed by atoms with E-state index >= 15 is 0 Å². The zero-order valence-corrected chi connectivity index (χ0v) is 10.8. The van der Waals surface area contributed by atoms with Crippen molar-refractivity contribution in [1.29, 1.82) is 0 Å². The van der Waals surface area contributed by atoms with Crippen molar-refractivity contribution >= 4 is 12.0 Å². The Bertz CT molecular complexity index is 471. The number of likely N-dealkylation sites (tertiary alicyclic amines) is 1. The van der Waals surface area contributed by atoms with E-state index in [4.69, 9.17) is 9.63 Å². The Morgan fingerprint density at radius 1 is 1.63 bits per heavy atom. The molecule has 1 saturated heterocycles. The van der Waals surface area contributed by atoms with Crippen LogP contribution in [0.4, 0.5) is 4.79 Å². The summed E-state index contributed by atoms with van der Waals surface area (Å²) in [6.07, 6.45) is 1.34. The standard InChI is InChI=1S/C12H17N3O4/c1-8-5-10(19-14-8)6-13-12(18)15-4-2-3-9(7-15)11(16)17/h5,9H,2-4,6-7H2,1H3,(H,13,18)(H,16,17). The van der Waals surface area contributed by atoms with Crippen molar-refractivity contribution in [3.05, 3.63) is 17.5 Å². The molecule has 1 aliphatic rings. The molecule has 2 heterocycles. The molecule has 1 fully saturated rings. The number of aryl methyl sites for hydroxylation is 1. The molecule has 7 nitrogen and oxygen atoms in total. The van der Waals surface area contributed by atoms with Crippen LogP contribution in [0.5, 0.6) is 0 Å². The second kappa shape index (κ2) is 5.73. The molecule has 7 heteroatoms. The third-order valence-corrected chi connectivity index (χ3v) is 3.15. The van der Waals surface area contributed by atoms with Crippen LogP contribution in [-0.4, -0.2) is 40.3 Å². The van der Waals surface area contributed by atoms with Crippen molar-refractivity contribution in [2.24, 2.45) is 5.92 Å². The monoisotopic (exact) mass is 267 g/mol. The van der Waals surface area contributed by atoms with Gasteiger partial charge in [-0.1, -0.05) is 5.16 Å². The zero-order valence-electron chi connectivity index (χ0n) is 10.8. The van der Waals surface area contributed by atoms with Gasteiger partial charge in [-0.3, -0.25) is 4.79 Å². The number of carbonyl (C=O) groups is 2. The number of aliphatic carboxylic acids is 1. The number of rotatable bonds is 3. The minimum atomic E-state index is -0.844. The molecule has 2 N–H and O–H groups in total. The van der Waals surface area contributed by atoms with Gasteiger partial charge < -0.3 is 19.8 Å². The number of nitrogens with one attached hydrogen (secondary N) is 1. The summed E-state index contributed by atoms with van der Waals surface area (Å²) in [7, 11) is 0. The second-order valence-corrected chi connectivity index (χ2v) is 4.72.